The Morgan fingerprint density at radius 3 is 2.35 bits per heavy atom. The highest BCUT2D eigenvalue weighted by Crippen LogP contribution is 2.28. The number of benzene rings is 2. The number of nitrogens with one attached hydrogen (secondary N) is 1. The van der Waals surface area contributed by atoms with Gasteiger partial charge in [0.05, 0.1) is 20.1 Å². The van der Waals surface area contributed by atoms with Crippen molar-refractivity contribution in [3.63, 3.8) is 0 Å². The van der Waals surface area contributed by atoms with Gasteiger partial charge in [-0.05, 0) is 49.2 Å². The minimum Gasteiger partial charge on any atom is -0.497 e. The van der Waals surface area contributed by atoms with Gasteiger partial charge in [0.25, 0.3) is 0 Å². The lowest BCUT2D eigenvalue weighted by Gasteiger charge is -2.34. The number of ether oxygens (including phenoxy) is 2. The highest BCUT2D eigenvalue weighted by Gasteiger charge is 2.36. The summed E-state index contributed by atoms with van der Waals surface area (Å²) in [6.45, 7) is 2.18. The summed E-state index contributed by atoms with van der Waals surface area (Å²) in [5, 5.41) is 3.18. The van der Waals surface area contributed by atoms with Gasteiger partial charge in [0.1, 0.15) is 11.5 Å². The fourth-order valence-electron chi connectivity index (χ4n) is 4.31. The molecule has 31 heavy (non-hydrogen) atoms. The first kappa shape index (κ1) is 21.0. The van der Waals surface area contributed by atoms with Gasteiger partial charge >= 0.3 is 0 Å². The third-order valence-corrected chi connectivity index (χ3v) is 6.14. The molecular formula is C24H29N3O4. The van der Waals surface area contributed by atoms with Crippen molar-refractivity contribution < 1.29 is 19.1 Å². The molecule has 2 amide bonds. The van der Waals surface area contributed by atoms with Gasteiger partial charge in [0, 0.05) is 49.5 Å². The molecule has 2 saturated heterocycles. The molecule has 0 aromatic heterocycles. The average molecular weight is 424 g/mol. The average Bonchev–Trinajstić information content (AvgIpc) is 3.21. The monoisotopic (exact) mass is 423 g/mol. The molecule has 0 aliphatic carbocycles. The predicted molar refractivity (Wildman–Crippen MR) is 120 cm³/mol. The first-order valence-corrected chi connectivity index (χ1v) is 10.7. The summed E-state index contributed by atoms with van der Waals surface area (Å²) in [4.78, 5) is 29.4. The molecule has 2 aliphatic heterocycles. The number of carbonyl (C=O) groups excluding carboxylic acids is 2. The second-order valence-corrected chi connectivity index (χ2v) is 8.07. The highest BCUT2D eigenvalue weighted by molar-refractivity contribution is 6.00. The fourth-order valence-corrected chi connectivity index (χ4v) is 4.31. The van der Waals surface area contributed by atoms with Crippen LogP contribution >= 0.6 is 0 Å². The van der Waals surface area contributed by atoms with Gasteiger partial charge in [-0.1, -0.05) is 6.07 Å². The third-order valence-electron chi connectivity index (χ3n) is 6.14. The van der Waals surface area contributed by atoms with E-state index in [1.807, 2.05) is 36.4 Å². The van der Waals surface area contributed by atoms with Gasteiger partial charge in [-0.2, -0.15) is 0 Å². The predicted octanol–water partition coefficient (Wildman–Crippen LogP) is 2.84. The number of nitrogens with zero attached hydrogens (tertiary/aromatic N) is 2. The molecule has 2 aromatic carbocycles. The van der Waals surface area contributed by atoms with Crippen LogP contribution in [0.3, 0.4) is 0 Å². The van der Waals surface area contributed by atoms with Crippen LogP contribution in [-0.4, -0.2) is 51.7 Å². The van der Waals surface area contributed by atoms with E-state index in [0.29, 0.717) is 12.3 Å². The van der Waals surface area contributed by atoms with Crippen LogP contribution in [0.4, 0.5) is 11.4 Å². The molecule has 0 spiro atoms. The molecule has 2 heterocycles. The Balaban J connectivity index is 1.29. The number of hydrogen-bond donors (Lipinski definition) is 1. The van der Waals surface area contributed by atoms with Gasteiger partial charge in [-0.25, -0.2) is 0 Å². The van der Waals surface area contributed by atoms with E-state index in [4.69, 9.17) is 9.47 Å². The van der Waals surface area contributed by atoms with Gasteiger partial charge in [0.15, 0.2) is 0 Å². The zero-order chi connectivity index (χ0) is 21.8. The van der Waals surface area contributed by atoms with E-state index in [-0.39, 0.29) is 30.2 Å². The van der Waals surface area contributed by atoms with Crippen LogP contribution in [-0.2, 0) is 9.59 Å². The Kier molecular flexibility index (Phi) is 6.30. The number of hydrogen-bond acceptors (Lipinski definition) is 5. The highest BCUT2D eigenvalue weighted by atomic mass is 16.5. The topological polar surface area (TPSA) is 71.1 Å². The summed E-state index contributed by atoms with van der Waals surface area (Å²) in [5.41, 5.74) is 1.94. The molecule has 0 radical (unpaired) electrons. The fraction of sp³-hybridized carbons (Fsp3) is 0.417. The van der Waals surface area contributed by atoms with E-state index in [1.165, 1.54) is 5.69 Å². The molecule has 2 aliphatic rings. The van der Waals surface area contributed by atoms with Crippen molar-refractivity contribution in [1.29, 1.82) is 0 Å². The number of carbonyl (C=O) groups is 2. The standard InChI is InChI=1S/C24H29N3O4/c1-30-21-8-6-19(7-9-21)26-12-10-18(11-13-26)25-24(29)17-14-23(28)27(16-17)20-4-3-5-22(15-20)31-2/h3-9,15,17-18H,10-14,16H2,1-2H3,(H,25,29). The van der Waals surface area contributed by atoms with Crippen molar-refractivity contribution in [2.24, 2.45) is 5.92 Å². The minimum atomic E-state index is -0.321. The lowest BCUT2D eigenvalue weighted by molar-refractivity contribution is -0.127. The Morgan fingerprint density at radius 2 is 1.68 bits per heavy atom. The van der Waals surface area contributed by atoms with Crippen molar-refractivity contribution >= 4 is 23.2 Å². The van der Waals surface area contributed by atoms with Gasteiger partial charge < -0.3 is 24.6 Å². The first-order valence-electron chi connectivity index (χ1n) is 10.7. The summed E-state index contributed by atoms with van der Waals surface area (Å²) >= 11 is 0. The van der Waals surface area contributed by atoms with Crippen molar-refractivity contribution in [2.75, 3.05) is 43.7 Å². The van der Waals surface area contributed by atoms with Crippen molar-refractivity contribution in [3.05, 3.63) is 48.5 Å². The smallest absolute Gasteiger partial charge is 0.227 e. The largest absolute Gasteiger partial charge is 0.497 e. The van der Waals surface area contributed by atoms with Crippen molar-refractivity contribution in [1.82, 2.24) is 5.32 Å². The van der Waals surface area contributed by atoms with Crippen LogP contribution in [0.25, 0.3) is 0 Å². The number of methoxy groups -OCH3 is 2. The SMILES string of the molecule is COc1ccc(N2CCC(NC(=O)C3CC(=O)N(c4cccc(OC)c4)C3)CC2)cc1. The Morgan fingerprint density at radius 1 is 0.968 bits per heavy atom. The maximum Gasteiger partial charge on any atom is 0.227 e. The molecule has 7 nitrogen and oxygen atoms in total. The van der Waals surface area contributed by atoms with Gasteiger partial charge in [-0.3, -0.25) is 9.59 Å². The third kappa shape index (κ3) is 4.76. The lowest BCUT2D eigenvalue weighted by atomic mass is 10.0. The van der Waals surface area contributed by atoms with E-state index in [0.717, 1.165) is 37.4 Å². The molecular weight excluding hydrogens is 394 g/mol. The van der Waals surface area contributed by atoms with Crippen LogP contribution in [0.5, 0.6) is 11.5 Å². The Hall–Kier alpha value is -3.22. The molecule has 2 fully saturated rings. The van der Waals surface area contributed by atoms with E-state index in [2.05, 4.69) is 22.3 Å². The van der Waals surface area contributed by atoms with Crippen molar-refractivity contribution in [2.45, 2.75) is 25.3 Å². The summed E-state index contributed by atoms with van der Waals surface area (Å²) in [6.07, 6.45) is 2.02. The quantitative estimate of drug-likeness (QED) is 0.774. The Labute approximate surface area is 182 Å². The van der Waals surface area contributed by atoms with E-state index in [1.54, 1.807) is 19.1 Å². The van der Waals surface area contributed by atoms with Crippen LogP contribution < -0.4 is 24.6 Å². The van der Waals surface area contributed by atoms with Crippen molar-refractivity contribution in [3.8, 4) is 11.5 Å². The first-order chi connectivity index (χ1) is 15.1. The molecule has 4 rings (SSSR count). The normalized spacial score (nSPS) is 19.4. The van der Waals surface area contributed by atoms with E-state index < -0.39 is 0 Å². The summed E-state index contributed by atoms with van der Waals surface area (Å²) in [6, 6.07) is 15.6. The summed E-state index contributed by atoms with van der Waals surface area (Å²) in [5.74, 6) is 1.17. The summed E-state index contributed by atoms with van der Waals surface area (Å²) < 4.78 is 10.5. The van der Waals surface area contributed by atoms with Crippen LogP contribution in [0.15, 0.2) is 48.5 Å². The molecule has 1 atom stereocenters. The number of anilines is 2. The molecule has 1 unspecified atom stereocenters. The second kappa shape index (κ2) is 9.29. The molecule has 2 aromatic rings. The maximum absolute atomic E-state index is 12.8. The molecule has 164 valence electrons. The van der Waals surface area contributed by atoms with Crippen LogP contribution in [0.1, 0.15) is 19.3 Å². The molecule has 1 N–H and O–H groups in total. The molecule has 0 bridgehead atoms. The van der Waals surface area contributed by atoms with E-state index in [9.17, 15) is 9.59 Å². The lowest BCUT2D eigenvalue weighted by Crippen LogP contribution is -2.46. The van der Waals surface area contributed by atoms with E-state index >= 15 is 0 Å². The Bertz CT molecular complexity index is 923. The number of rotatable bonds is 6. The molecule has 0 saturated carbocycles. The van der Waals surface area contributed by atoms with Crippen LogP contribution in [0.2, 0.25) is 0 Å². The van der Waals surface area contributed by atoms with Gasteiger partial charge in [-0.15, -0.1) is 0 Å². The summed E-state index contributed by atoms with van der Waals surface area (Å²) in [7, 11) is 3.26. The second-order valence-electron chi connectivity index (χ2n) is 8.07. The minimum absolute atomic E-state index is 0.0253. The zero-order valence-corrected chi connectivity index (χ0v) is 18.0. The maximum atomic E-state index is 12.8. The van der Waals surface area contributed by atoms with Crippen LogP contribution in [0, 0.1) is 5.92 Å². The zero-order valence-electron chi connectivity index (χ0n) is 18.0. The number of piperidine rings is 1. The van der Waals surface area contributed by atoms with Gasteiger partial charge in [0.2, 0.25) is 11.8 Å². The number of amides is 2. The molecule has 7 heteroatoms.